The van der Waals surface area contributed by atoms with E-state index in [-0.39, 0.29) is 12.0 Å². The van der Waals surface area contributed by atoms with Gasteiger partial charge < -0.3 is 9.64 Å². The molecule has 0 saturated carbocycles. The zero-order valence-electron chi connectivity index (χ0n) is 16.7. The Kier molecular flexibility index (Phi) is 4.77. The van der Waals surface area contributed by atoms with Crippen LogP contribution in [0.1, 0.15) is 27.7 Å². The number of hydrogen-bond acceptors (Lipinski definition) is 4. The van der Waals surface area contributed by atoms with Crippen LogP contribution >= 0.6 is 0 Å². The van der Waals surface area contributed by atoms with Gasteiger partial charge in [-0.1, -0.05) is 59.3 Å². The summed E-state index contributed by atoms with van der Waals surface area (Å²) >= 11 is 0. The summed E-state index contributed by atoms with van der Waals surface area (Å²) in [5.41, 5.74) is 5.63. The van der Waals surface area contributed by atoms with Gasteiger partial charge in [-0.25, -0.2) is 4.52 Å². The Hall–Kier alpha value is -3.51. The first-order valence-corrected chi connectivity index (χ1v) is 10.1. The van der Waals surface area contributed by atoms with Gasteiger partial charge in [0, 0.05) is 23.9 Å². The predicted octanol–water partition coefficient (Wildman–Crippen LogP) is 3.92. The number of hydrogen-bond donors (Lipinski definition) is 0. The van der Waals surface area contributed by atoms with Gasteiger partial charge in [0.05, 0.1) is 18.7 Å². The van der Waals surface area contributed by atoms with Crippen molar-refractivity contribution in [3.05, 3.63) is 89.7 Å². The molecular formula is C24H22N4O2. The number of benzene rings is 2. The number of pyridine rings is 1. The van der Waals surface area contributed by atoms with Gasteiger partial charge in [-0.2, -0.15) is 0 Å². The molecule has 6 nitrogen and oxygen atoms in total. The number of aryl methyl sites for hydroxylation is 1. The zero-order valence-corrected chi connectivity index (χ0v) is 16.7. The van der Waals surface area contributed by atoms with Crippen LogP contribution in [-0.2, 0) is 4.74 Å². The third kappa shape index (κ3) is 3.46. The number of rotatable bonds is 3. The first kappa shape index (κ1) is 18.5. The van der Waals surface area contributed by atoms with Crippen LogP contribution in [0.15, 0.2) is 72.9 Å². The van der Waals surface area contributed by atoms with E-state index in [0.29, 0.717) is 25.3 Å². The van der Waals surface area contributed by atoms with Crippen molar-refractivity contribution in [1.82, 2.24) is 19.7 Å². The lowest BCUT2D eigenvalue weighted by Crippen LogP contribution is -2.42. The molecule has 150 valence electrons. The maximum absolute atomic E-state index is 13.0. The summed E-state index contributed by atoms with van der Waals surface area (Å²) in [7, 11) is 0. The number of carbonyl (C=O) groups is 1. The molecule has 0 N–H and O–H groups in total. The second-order valence-electron chi connectivity index (χ2n) is 7.57. The van der Waals surface area contributed by atoms with Crippen molar-refractivity contribution in [3.63, 3.8) is 0 Å². The minimum Gasteiger partial charge on any atom is -0.368 e. The van der Waals surface area contributed by atoms with Crippen LogP contribution in [0.2, 0.25) is 0 Å². The van der Waals surface area contributed by atoms with Crippen LogP contribution in [0, 0.1) is 6.92 Å². The summed E-state index contributed by atoms with van der Waals surface area (Å²) in [6.07, 6.45) is 1.67. The fraction of sp³-hybridized carbons (Fsp3) is 0.208. The van der Waals surface area contributed by atoms with Gasteiger partial charge in [0.2, 0.25) is 0 Å². The van der Waals surface area contributed by atoms with Gasteiger partial charge in [0.25, 0.3) is 5.91 Å². The van der Waals surface area contributed by atoms with Gasteiger partial charge in [0.1, 0.15) is 11.8 Å². The van der Waals surface area contributed by atoms with Gasteiger partial charge in [-0.15, -0.1) is 5.10 Å². The Morgan fingerprint density at radius 2 is 1.90 bits per heavy atom. The Bertz CT molecular complexity index is 1200. The SMILES string of the molecule is Cc1cccc(C(=O)N2CCO[C@@H](c3nnn4cc(-c5ccccc5)ccc34)C2)c1. The van der Waals surface area contributed by atoms with Crippen LogP contribution in [0.25, 0.3) is 16.6 Å². The number of carbonyl (C=O) groups excluding carboxylic acids is 1. The standard InChI is InChI=1S/C24H22N4O2/c1-17-6-5-9-19(14-17)24(29)27-12-13-30-22(16-27)23-21-11-10-20(15-28(21)26-25-23)18-7-3-2-4-8-18/h2-11,14-15,22H,12-13,16H2,1H3/t22-/m1/s1. The number of fused-ring (bicyclic) bond motifs is 1. The molecule has 6 heteroatoms. The van der Waals surface area contributed by atoms with Crippen molar-refractivity contribution in [3.8, 4) is 11.1 Å². The highest BCUT2D eigenvalue weighted by molar-refractivity contribution is 5.94. The third-order valence-electron chi connectivity index (χ3n) is 5.47. The van der Waals surface area contributed by atoms with Gasteiger partial charge in [0.15, 0.2) is 0 Å². The van der Waals surface area contributed by atoms with E-state index in [9.17, 15) is 4.79 Å². The molecule has 0 radical (unpaired) electrons. The molecule has 1 aliphatic heterocycles. The predicted molar refractivity (Wildman–Crippen MR) is 114 cm³/mol. The lowest BCUT2D eigenvalue weighted by atomic mass is 10.1. The molecule has 5 rings (SSSR count). The number of nitrogens with zero attached hydrogens (tertiary/aromatic N) is 4. The van der Waals surface area contributed by atoms with Crippen molar-refractivity contribution in [1.29, 1.82) is 0 Å². The molecule has 0 spiro atoms. The number of aromatic nitrogens is 3. The summed E-state index contributed by atoms with van der Waals surface area (Å²) in [5.74, 6) is 0.0230. The van der Waals surface area contributed by atoms with E-state index in [0.717, 1.165) is 27.9 Å². The zero-order chi connectivity index (χ0) is 20.5. The average molecular weight is 398 g/mol. The van der Waals surface area contributed by atoms with Crippen molar-refractivity contribution >= 4 is 11.4 Å². The van der Waals surface area contributed by atoms with Crippen LogP contribution < -0.4 is 0 Å². The van der Waals surface area contributed by atoms with Crippen LogP contribution in [0.5, 0.6) is 0 Å². The highest BCUT2D eigenvalue weighted by Gasteiger charge is 2.29. The highest BCUT2D eigenvalue weighted by Crippen LogP contribution is 2.27. The van der Waals surface area contributed by atoms with E-state index in [1.54, 1.807) is 4.52 Å². The summed E-state index contributed by atoms with van der Waals surface area (Å²) in [6.45, 7) is 3.50. The Morgan fingerprint density at radius 1 is 1.03 bits per heavy atom. The van der Waals surface area contributed by atoms with Crippen molar-refractivity contribution in [2.45, 2.75) is 13.0 Å². The molecule has 1 saturated heterocycles. The van der Waals surface area contributed by atoms with E-state index < -0.39 is 0 Å². The van der Waals surface area contributed by atoms with Crippen molar-refractivity contribution in [2.75, 3.05) is 19.7 Å². The van der Waals surface area contributed by atoms with Crippen LogP contribution in [0.3, 0.4) is 0 Å². The first-order valence-electron chi connectivity index (χ1n) is 10.1. The lowest BCUT2D eigenvalue weighted by molar-refractivity contribution is -0.0241. The second kappa shape index (κ2) is 7.72. The normalized spacial score (nSPS) is 16.7. The smallest absolute Gasteiger partial charge is 0.254 e. The molecule has 1 fully saturated rings. The van der Waals surface area contributed by atoms with Crippen molar-refractivity contribution < 1.29 is 9.53 Å². The topological polar surface area (TPSA) is 59.7 Å². The first-order chi connectivity index (χ1) is 14.7. The second-order valence-corrected chi connectivity index (χ2v) is 7.57. The van der Waals surface area contributed by atoms with E-state index in [1.165, 1.54) is 0 Å². The minimum atomic E-state index is -0.299. The molecule has 1 amide bonds. The molecule has 2 aromatic heterocycles. The number of amides is 1. The molecule has 3 heterocycles. The molecule has 0 unspecified atom stereocenters. The summed E-state index contributed by atoms with van der Waals surface area (Å²) in [4.78, 5) is 14.8. The maximum atomic E-state index is 13.0. The molecule has 0 aliphatic carbocycles. The highest BCUT2D eigenvalue weighted by atomic mass is 16.5. The van der Waals surface area contributed by atoms with Crippen LogP contribution in [-0.4, -0.2) is 45.3 Å². The number of ether oxygens (including phenoxy) is 1. The van der Waals surface area contributed by atoms with E-state index in [1.807, 2.05) is 66.6 Å². The molecule has 4 aromatic rings. The monoisotopic (exact) mass is 398 g/mol. The Morgan fingerprint density at radius 3 is 2.73 bits per heavy atom. The number of morpholine rings is 1. The largest absolute Gasteiger partial charge is 0.368 e. The Labute approximate surface area is 174 Å². The van der Waals surface area contributed by atoms with Crippen molar-refractivity contribution in [2.24, 2.45) is 0 Å². The summed E-state index contributed by atoms with van der Waals surface area (Å²) < 4.78 is 7.76. The van der Waals surface area contributed by atoms with Gasteiger partial charge in [-0.05, 0) is 30.7 Å². The van der Waals surface area contributed by atoms with E-state index in [4.69, 9.17) is 4.74 Å². The fourth-order valence-corrected chi connectivity index (χ4v) is 3.90. The summed E-state index contributed by atoms with van der Waals surface area (Å²) in [5, 5.41) is 8.69. The molecule has 1 aliphatic rings. The third-order valence-corrected chi connectivity index (χ3v) is 5.47. The maximum Gasteiger partial charge on any atom is 0.254 e. The van der Waals surface area contributed by atoms with E-state index >= 15 is 0 Å². The lowest BCUT2D eigenvalue weighted by Gasteiger charge is -2.32. The molecule has 1 atom stereocenters. The molecule has 2 aromatic carbocycles. The summed E-state index contributed by atoms with van der Waals surface area (Å²) in [6, 6.07) is 21.9. The average Bonchev–Trinajstić information content (AvgIpc) is 3.22. The quantitative estimate of drug-likeness (QED) is 0.525. The van der Waals surface area contributed by atoms with Crippen LogP contribution in [0.4, 0.5) is 0 Å². The Balaban J connectivity index is 1.40. The van der Waals surface area contributed by atoms with E-state index in [2.05, 4.69) is 28.5 Å². The molecular weight excluding hydrogens is 376 g/mol. The molecule has 30 heavy (non-hydrogen) atoms. The minimum absolute atomic E-state index is 0.0230. The fourth-order valence-electron chi connectivity index (χ4n) is 3.90. The van der Waals surface area contributed by atoms with Gasteiger partial charge >= 0.3 is 0 Å². The molecule has 0 bridgehead atoms. The van der Waals surface area contributed by atoms with Gasteiger partial charge in [-0.3, -0.25) is 4.79 Å².